The quantitative estimate of drug-likeness (QED) is 0.684. The van der Waals surface area contributed by atoms with Crippen LogP contribution in [0.2, 0.25) is 5.02 Å². The summed E-state index contributed by atoms with van der Waals surface area (Å²) in [6.07, 6.45) is 4.07. The van der Waals surface area contributed by atoms with Crippen LogP contribution in [0, 0.1) is 0 Å². The molecule has 1 aliphatic rings. The van der Waals surface area contributed by atoms with Crippen molar-refractivity contribution in [3.05, 3.63) is 75.8 Å². The lowest BCUT2D eigenvalue weighted by Crippen LogP contribution is -2.40. The lowest BCUT2D eigenvalue weighted by Gasteiger charge is -2.37. The van der Waals surface area contributed by atoms with Gasteiger partial charge < -0.3 is 4.74 Å². The van der Waals surface area contributed by atoms with Gasteiger partial charge in [0.1, 0.15) is 11.4 Å². The minimum Gasteiger partial charge on any atom is -0.487 e. The van der Waals surface area contributed by atoms with E-state index in [9.17, 15) is 4.79 Å². The van der Waals surface area contributed by atoms with Crippen LogP contribution in [0.25, 0.3) is 11.3 Å². The molecular formula is C20H18ClN3O2. The topological polar surface area (TPSA) is 57.0 Å². The maximum absolute atomic E-state index is 12.6. The van der Waals surface area contributed by atoms with Crippen LogP contribution in [-0.4, -0.2) is 20.4 Å². The summed E-state index contributed by atoms with van der Waals surface area (Å²) >= 11 is 5.97. The average Bonchev–Trinajstić information content (AvgIpc) is 2.61. The van der Waals surface area contributed by atoms with E-state index in [1.807, 2.05) is 44.2 Å². The SMILES string of the molecule is CC1(C)C[C@H](n2nc(-c3ccc(Cl)cc3)ccc2=O)c2cnccc2O1. The predicted molar refractivity (Wildman–Crippen MR) is 101 cm³/mol. The summed E-state index contributed by atoms with van der Waals surface area (Å²) < 4.78 is 7.58. The first-order chi connectivity index (χ1) is 12.4. The van der Waals surface area contributed by atoms with Gasteiger partial charge in [0.25, 0.3) is 5.56 Å². The number of hydrogen-bond donors (Lipinski definition) is 0. The monoisotopic (exact) mass is 367 g/mol. The minimum atomic E-state index is -0.406. The van der Waals surface area contributed by atoms with Crippen LogP contribution in [0.1, 0.15) is 31.9 Å². The molecule has 6 heteroatoms. The van der Waals surface area contributed by atoms with Crippen molar-refractivity contribution in [3.63, 3.8) is 0 Å². The number of pyridine rings is 1. The van der Waals surface area contributed by atoms with Gasteiger partial charge in [0, 0.05) is 41.0 Å². The number of halogens is 1. The van der Waals surface area contributed by atoms with Gasteiger partial charge in [-0.2, -0.15) is 5.10 Å². The maximum atomic E-state index is 12.6. The zero-order valence-electron chi connectivity index (χ0n) is 14.5. The maximum Gasteiger partial charge on any atom is 0.267 e. The molecule has 3 aromatic rings. The van der Waals surface area contributed by atoms with Crippen molar-refractivity contribution in [3.8, 4) is 17.0 Å². The molecule has 1 atom stereocenters. The molecule has 0 bridgehead atoms. The van der Waals surface area contributed by atoms with Crippen molar-refractivity contribution in [1.82, 2.24) is 14.8 Å². The van der Waals surface area contributed by atoms with E-state index < -0.39 is 5.60 Å². The highest BCUT2D eigenvalue weighted by molar-refractivity contribution is 6.30. The second-order valence-corrected chi connectivity index (χ2v) is 7.44. The summed E-state index contributed by atoms with van der Waals surface area (Å²) in [4.78, 5) is 16.8. The molecular weight excluding hydrogens is 350 g/mol. The van der Waals surface area contributed by atoms with E-state index in [4.69, 9.17) is 16.3 Å². The molecule has 4 rings (SSSR count). The molecule has 3 heterocycles. The van der Waals surface area contributed by atoms with Crippen molar-refractivity contribution < 1.29 is 4.74 Å². The number of fused-ring (bicyclic) bond motifs is 1. The van der Waals surface area contributed by atoms with Crippen LogP contribution in [-0.2, 0) is 0 Å². The van der Waals surface area contributed by atoms with Crippen molar-refractivity contribution in [2.45, 2.75) is 31.9 Å². The summed E-state index contributed by atoms with van der Waals surface area (Å²) in [5.74, 6) is 0.742. The van der Waals surface area contributed by atoms with Gasteiger partial charge in [0.2, 0.25) is 0 Å². The predicted octanol–water partition coefficient (Wildman–Crippen LogP) is 4.11. The van der Waals surface area contributed by atoms with E-state index in [-0.39, 0.29) is 11.6 Å². The van der Waals surface area contributed by atoms with E-state index in [1.54, 1.807) is 24.5 Å². The highest BCUT2D eigenvalue weighted by atomic mass is 35.5. The largest absolute Gasteiger partial charge is 0.487 e. The second-order valence-electron chi connectivity index (χ2n) is 7.00. The zero-order chi connectivity index (χ0) is 18.3. The molecule has 1 aliphatic heterocycles. The lowest BCUT2D eigenvalue weighted by molar-refractivity contribution is 0.0636. The Balaban J connectivity index is 1.84. The Morgan fingerprint density at radius 2 is 1.92 bits per heavy atom. The van der Waals surface area contributed by atoms with Gasteiger partial charge in [-0.1, -0.05) is 23.7 Å². The molecule has 2 aromatic heterocycles. The van der Waals surface area contributed by atoms with Gasteiger partial charge in [-0.15, -0.1) is 0 Å². The third-order valence-electron chi connectivity index (χ3n) is 4.50. The van der Waals surface area contributed by atoms with Crippen molar-refractivity contribution in [1.29, 1.82) is 0 Å². The number of aromatic nitrogens is 3. The molecule has 0 N–H and O–H groups in total. The average molecular weight is 368 g/mol. The molecule has 0 radical (unpaired) electrons. The Kier molecular flexibility index (Phi) is 4.04. The Hall–Kier alpha value is -2.66. The van der Waals surface area contributed by atoms with Gasteiger partial charge in [-0.3, -0.25) is 9.78 Å². The van der Waals surface area contributed by atoms with Gasteiger partial charge in [0.05, 0.1) is 11.7 Å². The molecule has 26 heavy (non-hydrogen) atoms. The Labute approximate surface area is 156 Å². The van der Waals surface area contributed by atoms with Crippen LogP contribution < -0.4 is 10.3 Å². The highest BCUT2D eigenvalue weighted by Gasteiger charge is 2.36. The molecule has 0 unspecified atom stereocenters. The molecule has 132 valence electrons. The van der Waals surface area contributed by atoms with E-state index in [0.717, 1.165) is 22.6 Å². The van der Waals surface area contributed by atoms with Crippen molar-refractivity contribution in [2.75, 3.05) is 0 Å². The van der Waals surface area contributed by atoms with Crippen LogP contribution in [0.3, 0.4) is 0 Å². The van der Waals surface area contributed by atoms with Gasteiger partial charge in [-0.05, 0) is 38.1 Å². The Morgan fingerprint density at radius 1 is 1.15 bits per heavy atom. The third-order valence-corrected chi connectivity index (χ3v) is 4.75. The first kappa shape index (κ1) is 16.8. The second kappa shape index (κ2) is 6.25. The molecule has 0 fully saturated rings. The van der Waals surface area contributed by atoms with Gasteiger partial charge >= 0.3 is 0 Å². The van der Waals surface area contributed by atoms with Crippen LogP contribution in [0.4, 0.5) is 0 Å². The fraction of sp³-hybridized carbons (Fsp3) is 0.250. The normalized spacial score (nSPS) is 18.0. The van der Waals surface area contributed by atoms with E-state index >= 15 is 0 Å². The fourth-order valence-electron chi connectivity index (χ4n) is 3.29. The number of ether oxygens (including phenoxy) is 1. The van der Waals surface area contributed by atoms with Crippen LogP contribution in [0.5, 0.6) is 5.75 Å². The standard InChI is InChI=1S/C20H18ClN3O2/c1-20(2)11-17(15-12-22-10-9-18(15)26-20)24-19(25)8-7-16(23-24)13-3-5-14(21)6-4-13/h3-10,12,17H,11H2,1-2H3/t17-/m0/s1. The summed E-state index contributed by atoms with van der Waals surface area (Å²) in [6, 6.07) is 12.3. The number of hydrogen-bond acceptors (Lipinski definition) is 4. The van der Waals surface area contributed by atoms with Gasteiger partial charge in [0.15, 0.2) is 0 Å². The number of nitrogens with zero attached hydrogens (tertiary/aromatic N) is 3. The molecule has 0 spiro atoms. The molecule has 0 saturated heterocycles. The molecule has 0 amide bonds. The fourth-order valence-corrected chi connectivity index (χ4v) is 3.42. The smallest absolute Gasteiger partial charge is 0.267 e. The molecule has 1 aromatic carbocycles. The van der Waals surface area contributed by atoms with E-state index in [0.29, 0.717) is 11.4 Å². The summed E-state index contributed by atoms with van der Waals surface area (Å²) in [6.45, 7) is 4.02. The highest BCUT2D eigenvalue weighted by Crippen LogP contribution is 2.40. The Bertz CT molecular complexity index is 1010. The zero-order valence-corrected chi connectivity index (χ0v) is 15.3. The molecule has 0 saturated carbocycles. The first-order valence-corrected chi connectivity index (χ1v) is 8.79. The summed E-state index contributed by atoms with van der Waals surface area (Å²) in [5, 5.41) is 5.30. The van der Waals surface area contributed by atoms with Crippen LogP contribution >= 0.6 is 11.6 Å². The Morgan fingerprint density at radius 3 is 2.69 bits per heavy atom. The minimum absolute atomic E-state index is 0.153. The van der Waals surface area contributed by atoms with E-state index in [2.05, 4.69) is 10.1 Å². The summed E-state index contributed by atoms with van der Waals surface area (Å²) in [5.41, 5.74) is 1.93. The first-order valence-electron chi connectivity index (χ1n) is 8.42. The summed E-state index contributed by atoms with van der Waals surface area (Å²) in [7, 11) is 0. The molecule has 0 aliphatic carbocycles. The number of benzene rings is 1. The van der Waals surface area contributed by atoms with Crippen molar-refractivity contribution in [2.24, 2.45) is 0 Å². The third kappa shape index (κ3) is 3.10. The lowest BCUT2D eigenvalue weighted by atomic mass is 9.91. The van der Waals surface area contributed by atoms with Crippen LogP contribution in [0.15, 0.2) is 59.7 Å². The van der Waals surface area contributed by atoms with Crippen molar-refractivity contribution >= 4 is 11.6 Å². The number of rotatable bonds is 2. The van der Waals surface area contributed by atoms with Gasteiger partial charge in [-0.25, -0.2) is 4.68 Å². The van der Waals surface area contributed by atoms with E-state index in [1.165, 1.54) is 4.68 Å². The molecule has 5 nitrogen and oxygen atoms in total.